The highest BCUT2D eigenvalue weighted by Gasteiger charge is 2.48. The van der Waals surface area contributed by atoms with Gasteiger partial charge in [-0.25, -0.2) is 4.99 Å². The van der Waals surface area contributed by atoms with Crippen LogP contribution in [0.25, 0.3) is 0 Å². The Balaban J connectivity index is 1.44. The molecule has 0 bridgehead atoms. The Morgan fingerprint density at radius 2 is 1.81 bits per heavy atom. The van der Waals surface area contributed by atoms with Gasteiger partial charge in [-0.05, 0) is 18.4 Å². The molecule has 1 saturated heterocycles. The smallest absolute Gasteiger partial charge is 0.246 e. The van der Waals surface area contributed by atoms with Crippen LogP contribution in [0.1, 0.15) is 37.7 Å². The van der Waals surface area contributed by atoms with Crippen molar-refractivity contribution in [1.29, 1.82) is 5.26 Å². The Bertz CT molecular complexity index is 740. The van der Waals surface area contributed by atoms with E-state index in [4.69, 9.17) is 4.99 Å². The molecule has 1 amide bonds. The van der Waals surface area contributed by atoms with E-state index in [2.05, 4.69) is 45.5 Å². The van der Waals surface area contributed by atoms with E-state index in [0.717, 1.165) is 58.4 Å². The molecule has 1 aromatic rings. The van der Waals surface area contributed by atoms with Gasteiger partial charge in [0.15, 0.2) is 5.92 Å². The van der Waals surface area contributed by atoms with E-state index in [1.807, 2.05) is 6.07 Å². The average molecular weight is 365 g/mol. The fourth-order valence-corrected chi connectivity index (χ4v) is 4.58. The van der Waals surface area contributed by atoms with Crippen molar-refractivity contribution in [3.05, 3.63) is 35.9 Å². The van der Waals surface area contributed by atoms with Gasteiger partial charge in [0.25, 0.3) is 0 Å². The zero-order chi connectivity index (χ0) is 18.7. The molecule has 1 spiro atoms. The second kappa shape index (κ2) is 7.69. The molecule has 1 atom stereocenters. The van der Waals surface area contributed by atoms with Crippen LogP contribution in [0.15, 0.2) is 35.3 Å². The third kappa shape index (κ3) is 3.70. The third-order valence-corrected chi connectivity index (χ3v) is 6.13. The van der Waals surface area contributed by atoms with E-state index in [9.17, 15) is 10.1 Å². The summed E-state index contributed by atoms with van der Waals surface area (Å²) in [6, 6.07) is 12.7. The summed E-state index contributed by atoms with van der Waals surface area (Å²) in [7, 11) is 0. The Hall–Kier alpha value is -2.39. The molecular formula is C21H27N5O. The minimum Gasteiger partial charge on any atom is -0.340 e. The molecule has 0 radical (unpaired) electrons. The number of aliphatic imine (C=N–C) groups is 1. The lowest BCUT2D eigenvalue weighted by Gasteiger charge is -2.43. The van der Waals surface area contributed by atoms with Crippen LogP contribution in [0.2, 0.25) is 0 Å². The van der Waals surface area contributed by atoms with Gasteiger partial charge in [0.05, 0.1) is 11.6 Å². The molecule has 6 nitrogen and oxygen atoms in total. The van der Waals surface area contributed by atoms with Crippen LogP contribution in [0.3, 0.4) is 0 Å². The van der Waals surface area contributed by atoms with Crippen LogP contribution in [0.4, 0.5) is 0 Å². The van der Waals surface area contributed by atoms with E-state index >= 15 is 0 Å². The fourth-order valence-electron chi connectivity index (χ4n) is 4.58. The highest BCUT2D eigenvalue weighted by molar-refractivity contribution is 6.02. The lowest BCUT2D eigenvalue weighted by molar-refractivity contribution is -0.125. The number of guanidine groups is 1. The van der Waals surface area contributed by atoms with Crippen LogP contribution in [-0.2, 0) is 11.3 Å². The van der Waals surface area contributed by atoms with Crippen molar-refractivity contribution in [3.8, 4) is 6.07 Å². The molecule has 2 fully saturated rings. The first-order valence-corrected chi connectivity index (χ1v) is 10.0. The first-order valence-electron chi connectivity index (χ1n) is 10.0. The summed E-state index contributed by atoms with van der Waals surface area (Å²) in [6.07, 6.45) is 4.96. The largest absolute Gasteiger partial charge is 0.340 e. The lowest BCUT2D eigenvalue weighted by Crippen LogP contribution is -2.60. The van der Waals surface area contributed by atoms with E-state index in [0.29, 0.717) is 5.96 Å². The zero-order valence-electron chi connectivity index (χ0n) is 15.7. The Morgan fingerprint density at radius 3 is 2.48 bits per heavy atom. The number of benzene rings is 1. The maximum atomic E-state index is 12.6. The van der Waals surface area contributed by atoms with Gasteiger partial charge < -0.3 is 4.90 Å². The van der Waals surface area contributed by atoms with Gasteiger partial charge in [-0.15, -0.1) is 0 Å². The molecule has 3 aliphatic rings. The SMILES string of the molecule is N#CC1C(=O)NC(N2CCN(Cc3ccccc3)CC2)=NC12CCCCC2. The molecule has 27 heavy (non-hydrogen) atoms. The van der Waals surface area contributed by atoms with Gasteiger partial charge in [0.1, 0.15) is 0 Å². The molecule has 2 heterocycles. The average Bonchev–Trinajstić information content (AvgIpc) is 2.70. The van der Waals surface area contributed by atoms with Gasteiger partial charge in [0, 0.05) is 32.7 Å². The van der Waals surface area contributed by atoms with Crippen molar-refractivity contribution in [2.45, 2.75) is 44.2 Å². The summed E-state index contributed by atoms with van der Waals surface area (Å²) in [5.41, 5.74) is 0.818. The minimum absolute atomic E-state index is 0.170. The first kappa shape index (κ1) is 18.0. The number of nitrogens with one attached hydrogen (secondary N) is 1. The quantitative estimate of drug-likeness (QED) is 0.872. The summed E-state index contributed by atoms with van der Waals surface area (Å²) in [4.78, 5) is 22.2. The normalized spacial score (nSPS) is 25.6. The van der Waals surface area contributed by atoms with E-state index in [-0.39, 0.29) is 5.91 Å². The molecule has 1 saturated carbocycles. The van der Waals surface area contributed by atoms with Gasteiger partial charge in [0.2, 0.25) is 11.9 Å². The van der Waals surface area contributed by atoms with Crippen molar-refractivity contribution in [2.75, 3.05) is 26.2 Å². The molecule has 0 aromatic heterocycles. The topological polar surface area (TPSA) is 71.7 Å². The number of nitrogens with zero attached hydrogens (tertiary/aromatic N) is 4. The highest BCUT2D eigenvalue weighted by Crippen LogP contribution is 2.39. The van der Waals surface area contributed by atoms with Crippen molar-refractivity contribution < 1.29 is 4.79 Å². The number of piperazine rings is 1. The van der Waals surface area contributed by atoms with Crippen molar-refractivity contribution in [2.24, 2.45) is 10.9 Å². The minimum atomic E-state index is -0.652. The summed E-state index contributed by atoms with van der Waals surface area (Å²) < 4.78 is 0. The second-order valence-electron chi connectivity index (χ2n) is 7.90. The molecule has 142 valence electrons. The fraction of sp³-hybridized carbons (Fsp3) is 0.571. The number of hydrogen-bond donors (Lipinski definition) is 1. The molecular weight excluding hydrogens is 338 g/mol. The Kier molecular flexibility index (Phi) is 5.13. The van der Waals surface area contributed by atoms with Gasteiger partial charge >= 0.3 is 0 Å². The number of rotatable bonds is 2. The molecule has 6 heteroatoms. The third-order valence-electron chi connectivity index (χ3n) is 6.13. The van der Waals surface area contributed by atoms with Gasteiger partial charge in [-0.3, -0.25) is 15.0 Å². The first-order chi connectivity index (χ1) is 13.2. The summed E-state index contributed by atoms with van der Waals surface area (Å²) in [5.74, 6) is -0.134. The number of carbonyl (C=O) groups excluding carboxylic acids is 1. The number of nitriles is 1. The summed E-state index contributed by atoms with van der Waals surface area (Å²) >= 11 is 0. The second-order valence-corrected chi connectivity index (χ2v) is 7.90. The van der Waals surface area contributed by atoms with Gasteiger partial charge in [-0.2, -0.15) is 5.26 Å². The molecule has 1 unspecified atom stereocenters. The van der Waals surface area contributed by atoms with E-state index in [1.54, 1.807) is 0 Å². The Labute approximate surface area is 160 Å². The van der Waals surface area contributed by atoms with E-state index in [1.165, 1.54) is 12.0 Å². The Morgan fingerprint density at radius 1 is 1.11 bits per heavy atom. The maximum absolute atomic E-state index is 12.6. The van der Waals surface area contributed by atoms with Gasteiger partial charge in [-0.1, -0.05) is 49.6 Å². The molecule has 1 N–H and O–H groups in total. The maximum Gasteiger partial charge on any atom is 0.246 e. The van der Waals surface area contributed by atoms with Crippen LogP contribution in [-0.4, -0.2) is 53.4 Å². The highest BCUT2D eigenvalue weighted by atomic mass is 16.2. The molecule has 1 aromatic carbocycles. The predicted octanol–water partition coefficient (Wildman–Crippen LogP) is 2.13. The van der Waals surface area contributed by atoms with Crippen LogP contribution in [0.5, 0.6) is 0 Å². The van der Waals surface area contributed by atoms with Crippen LogP contribution < -0.4 is 5.32 Å². The van der Waals surface area contributed by atoms with Crippen molar-refractivity contribution >= 4 is 11.9 Å². The van der Waals surface area contributed by atoms with Crippen molar-refractivity contribution in [1.82, 2.24) is 15.1 Å². The molecule has 2 aliphatic heterocycles. The lowest BCUT2D eigenvalue weighted by atomic mass is 9.72. The number of hydrogen-bond acceptors (Lipinski definition) is 5. The molecule has 4 rings (SSSR count). The van der Waals surface area contributed by atoms with Crippen molar-refractivity contribution in [3.63, 3.8) is 0 Å². The number of amides is 1. The van der Waals surface area contributed by atoms with Crippen LogP contribution in [0, 0.1) is 17.2 Å². The predicted molar refractivity (Wildman–Crippen MR) is 104 cm³/mol. The van der Waals surface area contributed by atoms with Crippen LogP contribution >= 0.6 is 0 Å². The zero-order valence-corrected chi connectivity index (χ0v) is 15.7. The summed E-state index contributed by atoms with van der Waals surface area (Å²) in [5, 5.41) is 12.5. The summed E-state index contributed by atoms with van der Waals surface area (Å²) in [6.45, 7) is 4.53. The van der Waals surface area contributed by atoms with E-state index < -0.39 is 11.5 Å². The molecule has 1 aliphatic carbocycles. The standard InChI is InChI=1S/C21H27N5O/c22-15-18-19(27)23-20(24-21(18)9-5-2-6-10-21)26-13-11-25(12-14-26)16-17-7-3-1-4-8-17/h1,3-4,7-8,18H,2,5-6,9-14,16H2,(H,23,24,27). The monoisotopic (exact) mass is 365 g/mol. The number of carbonyl (C=O) groups is 1.